The van der Waals surface area contributed by atoms with Crippen molar-refractivity contribution in [1.29, 1.82) is 0 Å². The molecule has 4 fully saturated rings. The maximum Gasteiger partial charge on any atom is 0.332 e. The highest BCUT2D eigenvalue weighted by Crippen LogP contribution is 2.61. The largest absolute Gasteiger partial charge is 0.332 e. The van der Waals surface area contributed by atoms with Crippen molar-refractivity contribution in [2.24, 2.45) is 11.3 Å². The van der Waals surface area contributed by atoms with Crippen molar-refractivity contribution in [2.75, 3.05) is 14.1 Å². The van der Waals surface area contributed by atoms with E-state index in [2.05, 4.69) is 4.98 Å². The van der Waals surface area contributed by atoms with Gasteiger partial charge < -0.3 is 4.90 Å². The van der Waals surface area contributed by atoms with E-state index in [0.717, 1.165) is 44.1 Å². The quantitative estimate of drug-likeness (QED) is 0.612. The van der Waals surface area contributed by atoms with Crippen LogP contribution in [0.5, 0.6) is 0 Å². The number of rotatable bonds is 3. The number of likely N-dealkylation sites (N-methyl/N-ethyl adjacent to an activating group) is 2. The zero-order chi connectivity index (χ0) is 25.4. The van der Waals surface area contributed by atoms with Crippen molar-refractivity contribution in [3.8, 4) is 0 Å². The first-order chi connectivity index (χ1) is 17.2. The van der Waals surface area contributed by atoms with Crippen LogP contribution >= 0.6 is 0 Å². The lowest BCUT2D eigenvalue weighted by atomic mass is 9.51. The summed E-state index contributed by atoms with van der Waals surface area (Å²) in [6, 6.07) is 1.45. The lowest BCUT2D eigenvalue weighted by molar-refractivity contribution is -0.148. The molecule has 6 rings (SSSR count). The zero-order valence-corrected chi connectivity index (χ0v) is 21.5. The molecule has 1 aliphatic heterocycles. The van der Waals surface area contributed by atoms with Crippen LogP contribution in [0.15, 0.2) is 21.9 Å². The summed E-state index contributed by atoms with van der Waals surface area (Å²) >= 11 is 0. The standard InChI is InChI=1S/C27H35N5O4/c1-17-10-13-28-21-20(17)22(33)32(25(36)31(21)14-18-6-4-5-7-18)19-8-11-26(12-9-19)15-27(16-26)23(34)29(2)24(35)30(27)3/h10,13,18-19H,4-9,11-12,14-16H2,1-3H3. The van der Waals surface area contributed by atoms with Gasteiger partial charge in [0.05, 0.1) is 5.39 Å². The Labute approximate surface area is 210 Å². The Kier molecular flexibility index (Phi) is 5.22. The first-order valence-corrected chi connectivity index (χ1v) is 13.3. The van der Waals surface area contributed by atoms with E-state index >= 15 is 0 Å². The second-order valence-electron chi connectivity index (χ2n) is 11.9. The van der Waals surface area contributed by atoms with Gasteiger partial charge in [0.2, 0.25) is 0 Å². The van der Waals surface area contributed by atoms with Gasteiger partial charge in [0.25, 0.3) is 11.5 Å². The van der Waals surface area contributed by atoms with Crippen LogP contribution in [0, 0.1) is 18.3 Å². The molecule has 9 nitrogen and oxygen atoms in total. The van der Waals surface area contributed by atoms with Gasteiger partial charge in [0, 0.05) is 32.9 Å². The van der Waals surface area contributed by atoms with Crippen LogP contribution in [0.3, 0.4) is 0 Å². The van der Waals surface area contributed by atoms with E-state index < -0.39 is 5.54 Å². The zero-order valence-electron chi connectivity index (χ0n) is 21.5. The lowest BCUT2D eigenvalue weighted by Crippen LogP contribution is -2.63. The molecule has 0 radical (unpaired) electrons. The van der Waals surface area contributed by atoms with E-state index in [1.807, 2.05) is 13.0 Å². The highest BCUT2D eigenvalue weighted by atomic mass is 16.2. The highest BCUT2D eigenvalue weighted by Gasteiger charge is 2.66. The van der Waals surface area contributed by atoms with Crippen LogP contribution in [0.4, 0.5) is 4.79 Å². The van der Waals surface area contributed by atoms with E-state index in [0.29, 0.717) is 36.3 Å². The van der Waals surface area contributed by atoms with Gasteiger partial charge in [-0.15, -0.1) is 0 Å². The summed E-state index contributed by atoms with van der Waals surface area (Å²) in [5, 5.41) is 0.553. The first kappa shape index (κ1) is 23.4. The summed E-state index contributed by atoms with van der Waals surface area (Å²) in [5.41, 5.74) is 0.178. The van der Waals surface area contributed by atoms with E-state index in [-0.39, 0.29) is 34.6 Å². The molecular formula is C27H35N5O4. The summed E-state index contributed by atoms with van der Waals surface area (Å²) < 4.78 is 3.27. The minimum atomic E-state index is -0.713. The molecule has 192 valence electrons. The average Bonchev–Trinajstić information content (AvgIpc) is 3.41. The van der Waals surface area contributed by atoms with Crippen molar-refractivity contribution in [1.82, 2.24) is 23.9 Å². The predicted molar refractivity (Wildman–Crippen MR) is 135 cm³/mol. The van der Waals surface area contributed by atoms with E-state index in [1.54, 1.807) is 29.8 Å². The molecule has 0 unspecified atom stereocenters. The summed E-state index contributed by atoms with van der Waals surface area (Å²) in [5.74, 6) is 0.341. The smallest absolute Gasteiger partial charge is 0.313 e. The Balaban J connectivity index is 1.30. The van der Waals surface area contributed by atoms with E-state index in [9.17, 15) is 19.2 Å². The third-order valence-electron chi connectivity index (χ3n) is 9.81. The average molecular weight is 494 g/mol. The second-order valence-corrected chi connectivity index (χ2v) is 11.9. The van der Waals surface area contributed by atoms with Gasteiger partial charge in [0.15, 0.2) is 0 Å². The number of pyridine rings is 1. The van der Waals surface area contributed by atoms with Crippen LogP contribution in [-0.2, 0) is 11.3 Å². The lowest BCUT2D eigenvalue weighted by Gasteiger charge is -2.57. The number of amides is 3. The van der Waals surface area contributed by atoms with Gasteiger partial charge in [-0.3, -0.25) is 23.6 Å². The molecule has 3 heterocycles. The van der Waals surface area contributed by atoms with Gasteiger partial charge >= 0.3 is 11.7 Å². The number of aryl methyl sites for hydroxylation is 1. The third kappa shape index (κ3) is 3.16. The Morgan fingerprint density at radius 1 is 1.00 bits per heavy atom. The number of aromatic nitrogens is 3. The van der Waals surface area contributed by atoms with Gasteiger partial charge in [-0.25, -0.2) is 14.6 Å². The predicted octanol–water partition coefficient (Wildman–Crippen LogP) is 3.21. The minimum Gasteiger partial charge on any atom is -0.313 e. The molecule has 3 aliphatic carbocycles. The fraction of sp³-hybridized carbons (Fsp3) is 0.667. The van der Waals surface area contributed by atoms with Gasteiger partial charge in [-0.1, -0.05) is 12.8 Å². The van der Waals surface area contributed by atoms with Gasteiger partial charge in [0.1, 0.15) is 11.2 Å². The molecule has 0 aromatic carbocycles. The third-order valence-corrected chi connectivity index (χ3v) is 9.81. The molecule has 3 amide bonds. The molecule has 2 aromatic heterocycles. The SMILES string of the molecule is Cc1ccnc2c1c(=O)n(C1CCC3(CC1)CC1(C3)C(=O)N(C)C(=O)N1C)c(=O)n2CC1CCCC1. The number of carbonyl (C=O) groups is 2. The maximum absolute atomic E-state index is 13.8. The number of imide groups is 1. The fourth-order valence-electron chi connectivity index (χ4n) is 7.73. The summed E-state index contributed by atoms with van der Waals surface area (Å²) in [6.45, 7) is 2.53. The van der Waals surface area contributed by atoms with Crippen molar-refractivity contribution in [3.05, 3.63) is 38.7 Å². The van der Waals surface area contributed by atoms with Crippen molar-refractivity contribution in [2.45, 2.75) is 89.3 Å². The molecule has 0 N–H and O–H groups in total. The Hall–Kier alpha value is -2.97. The van der Waals surface area contributed by atoms with E-state index in [4.69, 9.17) is 0 Å². The van der Waals surface area contributed by atoms with Crippen LogP contribution in [0.25, 0.3) is 11.0 Å². The highest BCUT2D eigenvalue weighted by molar-refractivity contribution is 6.07. The molecule has 0 bridgehead atoms. The second kappa shape index (κ2) is 8.02. The first-order valence-electron chi connectivity index (χ1n) is 13.3. The molecular weight excluding hydrogens is 458 g/mol. The Bertz CT molecular complexity index is 1370. The van der Waals surface area contributed by atoms with E-state index in [1.165, 1.54) is 22.3 Å². The molecule has 9 heteroatoms. The molecule has 4 aliphatic rings. The molecule has 1 saturated heterocycles. The van der Waals surface area contributed by atoms with Crippen molar-refractivity contribution < 1.29 is 9.59 Å². The molecule has 0 atom stereocenters. The summed E-state index contributed by atoms with van der Waals surface area (Å²) in [7, 11) is 3.28. The van der Waals surface area contributed by atoms with Crippen LogP contribution < -0.4 is 11.2 Å². The number of nitrogens with zero attached hydrogens (tertiary/aromatic N) is 5. The van der Waals surface area contributed by atoms with Crippen LogP contribution in [-0.4, -0.2) is 55.5 Å². The Morgan fingerprint density at radius 2 is 1.67 bits per heavy atom. The van der Waals surface area contributed by atoms with Crippen LogP contribution in [0.2, 0.25) is 0 Å². The summed E-state index contributed by atoms with van der Waals surface area (Å²) in [4.78, 5) is 60.0. The topological polar surface area (TPSA) is 97.5 Å². The van der Waals surface area contributed by atoms with Crippen LogP contribution in [0.1, 0.15) is 75.8 Å². The summed E-state index contributed by atoms with van der Waals surface area (Å²) in [6.07, 6.45) is 10.8. The van der Waals surface area contributed by atoms with Gasteiger partial charge in [-0.05, 0) is 81.3 Å². The number of hydrogen-bond acceptors (Lipinski definition) is 5. The molecule has 3 saturated carbocycles. The van der Waals surface area contributed by atoms with Crippen molar-refractivity contribution >= 4 is 23.0 Å². The molecule has 2 spiro atoms. The molecule has 36 heavy (non-hydrogen) atoms. The molecule has 2 aromatic rings. The normalized spacial score (nSPS) is 30.8. The fourth-order valence-corrected chi connectivity index (χ4v) is 7.73. The number of urea groups is 1. The number of carbonyl (C=O) groups excluding carboxylic acids is 2. The maximum atomic E-state index is 13.8. The number of fused-ring (bicyclic) bond motifs is 1. The van der Waals surface area contributed by atoms with Crippen molar-refractivity contribution in [3.63, 3.8) is 0 Å². The number of hydrogen-bond donors (Lipinski definition) is 0. The van der Waals surface area contributed by atoms with Gasteiger partial charge in [-0.2, -0.15) is 0 Å². The Morgan fingerprint density at radius 3 is 2.28 bits per heavy atom. The monoisotopic (exact) mass is 493 g/mol. The minimum absolute atomic E-state index is 0.00727.